The number of hydrogen-bond donors (Lipinski definition) is 1. The molecule has 1 aromatic heterocycles. The number of nitriles is 1. The maximum Gasteiger partial charge on any atom is 0.339 e. The third-order valence-corrected chi connectivity index (χ3v) is 6.00. The van der Waals surface area contributed by atoms with Gasteiger partial charge in [0.15, 0.2) is 11.5 Å². The second-order valence-corrected chi connectivity index (χ2v) is 8.67. The Morgan fingerprint density at radius 2 is 2.06 bits per heavy atom. The zero-order chi connectivity index (χ0) is 24.6. The van der Waals surface area contributed by atoms with Crippen molar-refractivity contribution in [3.63, 3.8) is 0 Å². The summed E-state index contributed by atoms with van der Waals surface area (Å²) in [5.41, 5.74) is 3.69. The van der Waals surface area contributed by atoms with Crippen molar-refractivity contribution in [1.82, 2.24) is 9.97 Å². The fourth-order valence-corrected chi connectivity index (χ4v) is 4.43. The number of aryl methyl sites for hydroxylation is 1. The Morgan fingerprint density at radius 1 is 1.32 bits per heavy atom. The minimum Gasteiger partial charge on any atom is -0.465 e. The summed E-state index contributed by atoms with van der Waals surface area (Å²) in [4.78, 5) is 22.8. The number of carbonyl (C=O) groups is 1. The Balaban J connectivity index is 1.81. The minimum atomic E-state index is -2.86. The number of hydrogen-bond acceptors (Lipinski definition) is 7. The number of halogens is 2. The van der Waals surface area contributed by atoms with Gasteiger partial charge in [-0.05, 0) is 44.5 Å². The Morgan fingerprint density at radius 3 is 2.71 bits per heavy atom. The lowest BCUT2D eigenvalue weighted by Gasteiger charge is -2.24. The van der Waals surface area contributed by atoms with E-state index in [2.05, 4.69) is 10.3 Å². The molecule has 4 rings (SSSR count). The number of benzene rings is 2. The molecule has 0 aliphatic carbocycles. The van der Waals surface area contributed by atoms with E-state index in [-0.39, 0.29) is 24.0 Å². The number of methoxy groups -OCH3 is 1. The number of aromatic nitrogens is 2. The van der Waals surface area contributed by atoms with E-state index in [0.717, 1.165) is 11.1 Å². The van der Waals surface area contributed by atoms with Gasteiger partial charge in [-0.1, -0.05) is 18.2 Å². The van der Waals surface area contributed by atoms with E-state index in [1.54, 1.807) is 25.1 Å². The molecular formula is C25H25F2N5O2. The third-order valence-electron chi connectivity index (χ3n) is 6.00. The molecule has 0 saturated carbocycles. The average Bonchev–Trinajstić information content (AvgIpc) is 3.09. The molecule has 3 aromatic rings. The first-order valence-corrected chi connectivity index (χ1v) is 10.9. The van der Waals surface area contributed by atoms with Crippen LogP contribution in [0, 0.1) is 18.3 Å². The van der Waals surface area contributed by atoms with Gasteiger partial charge in [0.1, 0.15) is 6.07 Å². The van der Waals surface area contributed by atoms with E-state index in [1.165, 1.54) is 12.0 Å². The molecular weight excluding hydrogens is 440 g/mol. The SMILES string of the molecule is COC(=O)c1ccccc1N[C@H](C)c1cc(C)cc2nc(C#N)c(N3CC(F)(F)C[C@@H]3C)nc12. The molecule has 176 valence electrons. The first-order valence-electron chi connectivity index (χ1n) is 10.9. The summed E-state index contributed by atoms with van der Waals surface area (Å²) < 4.78 is 33.1. The molecule has 0 spiro atoms. The van der Waals surface area contributed by atoms with E-state index in [9.17, 15) is 18.8 Å². The van der Waals surface area contributed by atoms with Crippen LogP contribution in [-0.4, -0.2) is 41.6 Å². The number of para-hydroxylation sites is 1. The molecule has 1 fully saturated rings. The van der Waals surface area contributed by atoms with Gasteiger partial charge in [0.25, 0.3) is 5.92 Å². The van der Waals surface area contributed by atoms with Gasteiger partial charge in [-0.3, -0.25) is 0 Å². The fraction of sp³-hybridized carbons (Fsp3) is 0.360. The molecule has 34 heavy (non-hydrogen) atoms. The molecule has 0 unspecified atom stereocenters. The molecule has 9 heteroatoms. The van der Waals surface area contributed by atoms with Gasteiger partial charge in [0.05, 0.1) is 36.3 Å². The number of alkyl halides is 2. The van der Waals surface area contributed by atoms with Crippen LogP contribution in [0.2, 0.25) is 0 Å². The van der Waals surface area contributed by atoms with Crippen LogP contribution in [0.5, 0.6) is 0 Å². The number of carbonyl (C=O) groups excluding carboxylic acids is 1. The Bertz CT molecular complexity index is 1300. The smallest absolute Gasteiger partial charge is 0.339 e. The molecule has 2 atom stereocenters. The molecule has 0 radical (unpaired) electrons. The highest BCUT2D eigenvalue weighted by molar-refractivity contribution is 5.95. The van der Waals surface area contributed by atoms with Crippen LogP contribution < -0.4 is 10.2 Å². The van der Waals surface area contributed by atoms with Gasteiger partial charge in [-0.15, -0.1) is 0 Å². The highest BCUT2D eigenvalue weighted by atomic mass is 19.3. The maximum atomic E-state index is 14.1. The van der Waals surface area contributed by atoms with Gasteiger partial charge >= 0.3 is 5.97 Å². The topological polar surface area (TPSA) is 91.1 Å². The van der Waals surface area contributed by atoms with Crippen LogP contribution in [0.3, 0.4) is 0 Å². The summed E-state index contributed by atoms with van der Waals surface area (Å²) in [5, 5.41) is 13.0. The number of ether oxygens (including phenoxy) is 1. The van der Waals surface area contributed by atoms with E-state index in [0.29, 0.717) is 22.3 Å². The van der Waals surface area contributed by atoms with Crippen molar-refractivity contribution in [2.24, 2.45) is 0 Å². The van der Waals surface area contributed by atoms with Crippen molar-refractivity contribution >= 4 is 28.5 Å². The van der Waals surface area contributed by atoms with Gasteiger partial charge < -0.3 is 15.0 Å². The third kappa shape index (κ3) is 4.36. The molecule has 1 aliphatic heterocycles. The Labute approximate surface area is 196 Å². The number of nitrogens with zero attached hydrogens (tertiary/aromatic N) is 4. The van der Waals surface area contributed by atoms with E-state index < -0.39 is 24.5 Å². The standard InChI is InChI=1S/C25H25F2N5O2/c1-14-9-18(16(3)29-19-8-6-5-7-17(19)24(33)34-4)22-20(10-14)30-21(12-28)23(31-22)32-13-25(26,27)11-15(32)2/h5-10,15-16,29H,11,13H2,1-4H3/t15-,16+/m0/s1. The zero-order valence-corrected chi connectivity index (χ0v) is 19.4. The molecule has 1 N–H and O–H groups in total. The van der Waals surface area contributed by atoms with Gasteiger partial charge in [0.2, 0.25) is 0 Å². The molecule has 2 heterocycles. The minimum absolute atomic E-state index is 0.0187. The first-order chi connectivity index (χ1) is 16.1. The van der Waals surface area contributed by atoms with Crippen LogP contribution in [0.1, 0.15) is 53.5 Å². The quantitative estimate of drug-likeness (QED) is 0.530. The maximum absolute atomic E-state index is 14.1. The predicted molar refractivity (Wildman–Crippen MR) is 125 cm³/mol. The molecule has 7 nitrogen and oxygen atoms in total. The van der Waals surface area contributed by atoms with Crippen molar-refractivity contribution in [2.75, 3.05) is 23.9 Å². The van der Waals surface area contributed by atoms with Crippen molar-refractivity contribution in [3.8, 4) is 6.07 Å². The number of fused-ring (bicyclic) bond motifs is 1. The monoisotopic (exact) mass is 465 g/mol. The molecule has 0 bridgehead atoms. The lowest BCUT2D eigenvalue weighted by Crippen LogP contribution is -2.30. The van der Waals surface area contributed by atoms with Crippen LogP contribution in [0.15, 0.2) is 36.4 Å². The molecule has 1 saturated heterocycles. The lowest BCUT2D eigenvalue weighted by molar-refractivity contribution is 0.0229. The van der Waals surface area contributed by atoms with Crippen LogP contribution in [-0.2, 0) is 4.74 Å². The van der Waals surface area contributed by atoms with Crippen molar-refractivity contribution in [1.29, 1.82) is 5.26 Å². The lowest BCUT2D eigenvalue weighted by atomic mass is 10.0. The molecule has 2 aromatic carbocycles. The summed E-state index contributed by atoms with van der Waals surface area (Å²) in [6.45, 7) is 5.00. The first kappa shape index (κ1) is 23.4. The second kappa shape index (κ2) is 8.86. The number of esters is 1. The van der Waals surface area contributed by atoms with Crippen molar-refractivity contribution in [2.45, 2.75) is 45.2 Å². The predicted octanol–water partition coefficient (Wildman–Crippen LogP) is 5.00. The van der Waals surface area contributed by atoms with Crippen LogP contribution in [0.25, 0.3) is 11.0 Å². The summed E-state index contributed by atoms with van der Waals surface area (Å²) >= 11 is 0. The van der Waals surface area contributed by atoms with E-state index in [4.69, 9.17) is 9.72 Å². The Hall–Kier alpha value is -3.80. The second-order valence-electron chi connectivity index (χ2n) is 8.67. The summed E-state index contributed by atoms with van der Waals surface area (Å²) in [6, 6.07) is 12.0. The van der Waals surface area contributed by atoms with Gasteiger partial charge in [0, 0.05) is 23.7 Å². The van der Waals surface area contributed by atoms with E-state index in [1.807, 2.05) is 38.1 Å². The molecule has 0 amide bonds. The highest BCUT2D eigenvalue weighted by Gasteiger charge is 2.44. The van der Waals surface area contributed by atoms with Gasteiger partial charge in [-0.25, -0.2) is 23.5 Å². The summed E-state index contributed by atoms with van der Waals surface area (Å²) in [5.74, 6) is -3.16. The largest absolute Gasteiger partial charge is 0.465 e. The Kier molecular flexibility index (Phi) is 6.09. The van der Waals surface area contributed by atoms with Gasteiger partial charge in [-0.2, -0.15) is 5.26 Å². The summed E-state index contributed by atoms with van der Waals surface area (Å²) in [6.07, 6.45) is -0.305. The fourth-order valence-electron chi connectivity index (χ4n) is 4.43. The number of nitrogens with one attached hydrogen (secondary N) is 1. The van der Waals surface area contributed by atoms with Crippen LogP contribution >= 0.6 is 0 Å². The van der Waals surface area contributed by atoms with E-state index >= 15 is 0 Å². The summed E-state index contributed by atoms with van der Waals surface area (Å²) in [7, 11) is 1.32. The van der Waals surface area contributed by atoms with Crippen molar-refractivity contribution < 1.29 is 18.3 Å². The average molecular weight is 466 g/mol. The highest BCUT2D eigenvalue weighted by Crippen LogP contribution is 2.37. The number of anilines is 2. The number of rotatable bonds is 5. The zero-order valence-electron chi connectivity index (χ0n) is 19.4. The normalized spacial score (nSPS) is 17.9. The van der Waals surface area contributed by atoms with Crippen molar-refractivity contribution in [3.05, 3.63) is 58.8 Å². The van der Waals surface area contributed by atoms with Crippen LogP contribution in [0.4, 0.5) is 20.3 Å². The molecule has 1 aliphatic rings.